The van der Waals surface area contributed by atoms with Gasteiger partial charge in [0.1, 0.15) is 0 Å². The zero-order valence-electron chi connectivity index (χ0n) is 14.4. The summed E-state index contributed by atoms with van der Waals surface area (Å²) in [5.74, 6) is 0.115. The largest absolute Gasteiger partial charge is 0.377 e. The Balaban J connectivity index is 1.32. The third-order valence-corrected chi connectivity index (χ3v) is 5.03. The maximum atomic E-state index is 12.7. The number of nitrogens with zero attached hydrogens (tertiary/aromatic N) is 4. The van der Waals surface area contributed by atoms with E-state index in [1.165, 1.54) is 12.8 Å². The summed E-state index contributed by atoms with van der Waals surface area (Å²) in [4.78, 5) is 17.1. The molecule has 1 aromatic heterocycles. The smallest absolute Gasteiger partial charge is 0.253 e. The Bertz CT molecular complexity index is 685. The van der Waals surface area contributed by atoms with Gasteiger partial charge in [0.25, 0.3) is 5.91 Å². The molecule has 0 N–H and O–H groups in total. The van der Waals surface area contributed by atoms with Crippen LogP contribution in [0.5, 0.6) is 0 Å². The van der Waals surface area contributed by atoms with Crippen LogP contribution in [0.4, 0.5) is 0 Å². The quantitative estimate of drug-likeness (QED) is 0.852. The topological polar surface area (TPSA) is 50.6 Å². The standard InChI is InChI=1S/C19H24N4O2/c24-19(16-4-6-17(7-5-16)23-9-2-8-20-23)22-12-10-21(11-13-22)15-18-3-1-14-25-18/h2,4-9,18H,1,3,10-15H2/t18-/m0/s1. The first-order chi connectivity index (χ1) is 12.3. The van der Waals surface area contributed by atoms with Crippen molar-refractivity contribution in [1.29, 1.82) is 0 Å². The Kier molecular flexibility index (Phi) is 4.81. The van der Waals surface area contributed by atoms with Crippen molar-refractivity contribution in [3.05, 3.63) is 48.3 Å². The molecule has 0 radical (unpaired) electrons. The van der Waals surface area contributed by atoms with Crippen molar-refractivity contribution in [2.24, 2.45) is 0 Å². The van der Waals surface area contributed by atoms with E-state index in [0.717, 1.165) is 50.6 Å². The first-order valence-corrected chi connectivity index (χ1v) is 9.03. The molecule has 0 bridgehead atoms. The van der Waals surface area contributed by atoms with Crippen molar-refractivity contribution >= 4 is 5.91 Å². The first kappa shape index (κ1) is 16.3. The van der Waals surface area contributed by atoms with Crippen molar-refractivity contribution in [3.8, 4) is 5.69 Å². The molecule has 2 aliphatic heterocycles. The molecule has 1 aromatic carbocycles. The molecule has 2 aromatic rings. The highest BCUT2D eigenvalue weighted by Gasteiger charge is 2.25. The molecule has 0 saturated carbocycles. The van der Waals surface area contributed by atoms with Gasteiger partial charge < -0.3 is 9.64 Å². The van der Waals surface area contributed by atoms with Crippen LogP contribution in [0.25, 0.3) is 5.69 Å². The maximum Gasteiger partial charge on any atom is 0.253 e. The molecule has 4 rings (SSSR count). The maximum absolute atomic E-state index is 12.7. The monoisotopic (exact) mass is 340 g/mol. The second-order valence-corrected chi connectivity index (χ2v) is 6.73. The summed E-state index contributed by atoms with van der Waals surface area (Å²) in [5, 5.41) is 4.21. The average Bonchev–Trinajstić information content (AvgIpc) is 3.36. The Hall–Kier alpha value is -2.18. The van der Waals surface area contributed by atoms with E-state index in [0.29, 0.717) is 6.10 Å². The molecular formula is C19H24N4O2. The Morgan fingerprint density at radius 3 is 2.60 bits per heavy atom. The molecule has 1 amide bonds. The lowest BCUT2D eigenvalue weighted by molar-refractivity contribution is 0.0433. The Labute approximate surface area is 148 Å². The number of carbonyl (C=O) groups excluding carboxylic acids is 1. The third-order valence-electron chi connectivity index (χ3n) is 5.03. The van der Waals surface area contributed by atoms with Crippen LogP contribution in [-0.4, -0.2) is 70.9 Å². The zero-order valence-corrected chi connectivity index (χ0v) is 14.4. The average molecular weight is 340 g/mol. The van der Waals surface area contributed by atoms with E-state index in [1.54, 1.807) is 10.9 Å². The van der Waals surface area contributed by atoms with Crippen molar-refractivity contribution in [2.45, 2.75) is 18.9 Å². The minimum Gasteiger partial charge on any atom is -0.377 e. The lowest BCUT2D eigenvalue weighted by atomic mass is 10.1. The molecule has 6 nitrogen and oxygen atoms in total. The van der Waals surface area contributed by atoms with Crippen LogP contribution >= 0.6 is 0 Å². The molecule has 3 heterocycles. The van der Waals surface area contributed by atoms with Gasteiger partial charge in [0.05, 0.1) is 11.8 Å². The van der Waals surface area contributed by atoms with Gasteiger partial charge in [-0.1, -0.05) is 0 Å². The van der Waals surface area contributed by atoms with E-state index >= 15 is 0 Å². The number of piperazine rings is 1. The summed E-state index contributed by atoms with van der Waals surface area (Å²) in [6.07, 6.45) is 6.37. The van der Waals surface area contributed by atoms with Crippen LogP contribution in [0.2, 0.25) is 0 Å². The van der Waals surface area contributed by atoms with E-state index in [9.17, 15) is 4.79 Å². The third kappa shape index (κ3) is 3.75. The van der Waals surface area contributed by atoms with Gasteiger partial charge in [-0.2, -0.15) is 5.10 Å². The summed E-state index contributed by atoms with van der Waals surface area (Å²) < 4.78 is 7.50. The molecule has 2 aliphatic rings. The van der Waals surface area contributed by atoms with Gasteiger partial charge in [0, 0.05) is 57.3 Å². The number of amides is 1. The number of hydrogen-bond acceptors (Lipinski definition) is 4. The molecular weight excluding hydrogens is 316 g/mol. The Morgan fingerprint density at radius 1 is 1.16 bits per heavy atom. The molecule has 2 saturated heterocycles. The fourth-order valence-electron chi connectivity index (χ4n) is 3.57. The van der Waals surface area contributed by atoms with Crippen LogP contribution in [0.15, 0.2) is 42.7 Å². The first-order valence-electron chi connectivity index (χ1n) is 9.03. The van der Waals surface area contributed by atoms with E-state index in [-0.39, 0.29) is 5.91 Å². The van der Waals surface area contributed by atoms with Crippen molar-refractivity contribution in [2.75, 3.05) is 39.3 Å². The molecule has 2 fully saturated rings. The second-order valence-electron chi connectivity index (χ2n) is 6.73. The number of rotatable bonds is 4. The molecule has 25 heavy (non-hydrogen) atoms. The van der Waals surface area contributed by atoms with Crippen molar-refractivity contribution in [1.82, 2.24) is 19.6 Å². The SMILES string of the molecule is O=C(c1ccc(-n2cccn2)cc1)N1CCN(C[C@@H]2CCCO2)CC1. The molecule has 6 heteroatoms. The minimum absolute atomic E-state index is 0.115. The lowest BCUT2D eigenvalue weighted by Crippen LogP contribution is -2.50. The van der Waals surface area contributed by atoms with E-state index in [2.05, 4.69) is 10.00 Å². The summed E-state index contributed by atoms with van der Waals surface area (Å²) in [7, 11) is 0. The summed E-state index contributed by atoms with van der Waals surface area (Å²) >= 11 is 0. The van der Waals surface area contributed by atoms with Gasteiger partial charge in [-0.15, -0.1) is 0 Å². The van der Waals surface area contributed by atoms with E-state index in [4.69, 9.17) is 4.74 Å². The number of hydrogen-bond donors (Lipinski definition) is 0. The fourth-order valence-corrected chi connectivity index (χ4v) is 3.57. The van der Waals surface area contributed by atoms with Crippen LogP contribution in [0.3, 0.4) is 0 Å². The van der Waals surface area contributed by atoms with Crippen LogP contribution in [-0.2, 0) is 4.74 Å². The van der Waals surface area contributed by atoms with Gasteiger partial charge in [-0.05, 0) is 43.2 Å². The van der Waals surface area contributed by atoms with Gasteiger partial charge in [0.2, 0.25) is 0 Å². The number of ether oxygens (including phenoxy) is 1. The van der Waals surface area contributed by atoms with Gasteiger partial charge in [-0.3, -0.25) is 9.69 Å². The molecule has 132 valence electrons. The van der Waals surface area contributed by atoms with E-state index < -0.39 is 0 Å². The lowest BCUT2D eigenvalue weighted by Gasteiger charge is -2.35. The number of benzene rings is 1. The highest BCUT2D eigenvalue weighted by Crippen LogP contribution is 2.16. The van der Waals surface area contributed by atoms with Gasteiger partial charge in [0.15, 0.2) is 0 Å². The summed E-state index contributed by atoms with van der Waals surface area (Å²) in [5.41, 5.74) is 1.70. The summed E-state index contributed by atoms with van der Waals surface area (Å²) in [6, 6.07) is 9.53. The highest BCUT2D eigenvalue weighted by atomic mass is 16.5. The minimum atomic E-state index is 0.115. The zero-order chi connectivity index (χ0) is 17.1. The fraction of sp³-hybridized carbons (Fsp3) is 0.474. The molecule has 0 spiro atoms. The highest BCUT2D eigenvalue weighted by molar-refractivity contribution is 5.94. The van der Waals surface area contributed by atoms with Crippen LogP contribution < -0.4 is 0 Å². The molecule has 0 aliphatic carbocycles. The molecule has 1 atom stereocenters. The molecule has 0 unspecified atom stereocenters. The van der Waals surface area contributed by atoms with E-state index in [1.807, 2.05) is 41.4 Å². The number of carbonyl (C=O) groups is 1. The Morgan fingerprint density at radius 2 is 1.96 bits per heavy atom. The van der Waals surface area contributed by atoms with Crippen LogP contribution in [0.1, 0.15) is 23.2 Å². The van der Waals surface area contributed by atoms with Crippen molar-refractivity contribution < 1.29 is 9.53 Å². The van der Waals surface area contributed by atoms with Crippen LogP contribution in [0, 0.1) is 0 Å². The summed E-state index contributed by atoms with van der Waals surface area (Å²) in [6.45, 7) is 5.32. The second kappa shape index (κ2) is 7.37. The van der Waals surface area contributed by atoms with Gasteiger partial charge in [-0.25, -0.2) is 4.68 Å². The normalized spacial score (nSPS) is 21.6. The van der Waals surface area contributed by atoms with Gasteiger partial charge >= 0.3 is 0 Å². The van der Waals surface area contributed by atoms with Crippen molar-refractivity contribution in [3.63, 3.8) is 0 Å². The predicted molar refractivity (Wildman–Crippen MR) is 94.9 cm³/mol. The predicted octanol–water partition coefficient (Wildman–Crippen LogP) is 1.81. The number of aromatic nitrogens is 2.